The van der Waals surface area contributed by atoms with Crippen molar-refractivity contribution in [3.05, 3.63) is 28.5 Å². The number of halogens is 1. The monoisotopic (exact) mass is 314 g/mol. The maximum atomic E-state index is 11.2. The molecule has 2 N–H and O–H groups in total. The van der Waals surface area contributed by atoms with E-state index in [4.69, 9.17) is 4.74 Å². The lowest BCUT2D eigenvalue weighted by Crippen LogP contribution is -2.34. The molecule has 1 aliphatic rings. The average molecular weight is 315 g/mol. The van der Waals surface area contributed by atoms with E-state index in [1.165, 1.54) is 0 Å². The second kappa shape index (κ2) is 6.26. The van der Waals surface area contributed by atoms with Crippen LogP contribution in [-0.2, 0) is 9.53 Å². The zero-order valence-corrected chi connectivity index (χ0v) is 11.4. The number of aliphatic carboxylic acids is 1. The summed E-state index contributed by atoms with van der Waals surface area (Å²) in [6.07, 6.45) is 3.73. The zero-order valence-electron chi connectivity index (χ0n) is 9.80. The van der Waals surface area contributed by atoms with Crippen molar-refractivity contribution in [2.75, 3.05) is 13.2 Å². The molecule has 2 heterocycles. The molecule has 0 aliphatic carbocycles. The van der Waals surface area contributed by atoms with Crippen LogP contribution in [0.25, 0.3) is 0 Å². The van der Waals surface area contributed by atoms with Crippen LogP contribution in [0, 0.1) is 0 Å². The first-order chi connectivity index (χ1) is 8.66. The molecule has 6 heteroatoms. The Balaban J connectivity index is 1.99. The Hall–Kier alpha value is -0.980. The SMILES string of the molecule is O=C(O)C(NCC1CCCO1)c1ccc(Br)cn1. The van der Waals surface area contributed by atoms with Crippen molar-refractivity contribution in [3.8, 4) is 0 Å². The molecule has 2 rings (SSSR count). The van der Waals surface area contributed by atoms with E-state index < -0.39 is 12.0 Å². The first kappa shape index (κ1) is 13.5. The van der Waals surface area contributed by atoms with Gasteiger partial charge in [-0.3, -0.25) is 15.1 Å². The fraction of sp³-hybridized carbons (Fsp3) is 0.500. The molecule has 0 radical (unpaired) electrons. The predicted molar refractivity (Wildman–Crippen MR) is 69.3 cm³/mol. The van der Waals surface area contributed by atoms with Gasteiger partial charge in [0.15, 0.2) is 0 Å². The predicted octanol–water partition coefficient (Wildman–Crippen LogP) is 1.74. The molecular weight excluding hydrogens is 300 g/mol. The standard InChI is InChI=1S/C12H15BrN2O3/c13-8-3-4-10(14-6-8)11(12(16)17)15-7-9-2-1-5-18-9/h3-4,6,9,11,15H,1-2,5,7H2,(H,16,17). The number of carboxylic acid groups (broad SMARTS) is 1. The van der Waals surface area contributed by atoms with Crippen molar-refractivity contribution in [1.82, 2.24) is 10.3 Å². The molecule has 0 amide bonds. The van der Waals surface area contributed by atoms with Crippen LogP contribution in [0.3, 0.4) is 0 Å². The van der Waals surface area contributed by atoms with Gasteiger partial charge in [-0.1, -0.05) is 0 Å². The van der Waals surface area contributed by atoms with Gasteiger partial charge < -0.3 is 9.84 Å². The Morgan fingerprint density at radius 3 is 3.06 bits per heavy atom. The number of nitrogens with zero attached hydrogens (tertiary/aromatic N) is 1. The molecule has 98 valence electrons. The number of carboxylic acids is 1. The average Bonchev–Trinajstić information content (AvgIpc) is 2.84. The van der Waals surface area contributed by atoms with E-state index >= 15 is 0 Å². The van der Waals surface area contributed by atoms with E-state index in [9.17, 15) is 9.90 Å². The van der Waals surface area contributed by atoms with Crippen molar-refractivity contribution < 1.29 is 14.6 Å². The van der Waals surface area contributed by atoms with Crippen LogP contribution in [0.4, 0.5) is 0 Å². The number of carbonyl (C=O) groups is 1. The zero-order chi connectivity index (χ0) is 13.0. The van der Waals surface area contributed by atoms with Crippen molar-refractivity contribution in [2.45, 2.75) is 25.0 Å². The Kier molecular flexibility index (Phi) is 4.68. The summed E-state index contributed by atoms with van der Waals surface area (Å²) >= 11 is 3.27. The fourth-order valence-electron chi connectivity index (χ4n) is 1.93. The van der Waals surface area contributed by atoms with Gasteiger partial charge in [0.1, 0.15) is 6.04 Å². The van der Waals surface area contributed by atoms with Crippen LogP contribution in [-0.4, -0.2) is 35.3 Å². The van der Waals surface area contributed by atoms with Crippen LogP contribution in [0.2, 0.25) is 0 Å². The van der Waals surface area contributed by atoms with Gasteiger partial charge in [0.05, 0.1) is 11.8 Å². The molecule has 2 unspecified atom stereocenters. The molecule has 0 saturated carbocycles. The molecule has 0 aromatic carbocycles. The number of ether oxygens (including phenoxy) is 1. The highest BCUT2D eigenvalue weighted by Gasteiger charge is 2.23. The number of hydrogen-bond acceptors (Lipinski definition) is 4. The van der Waals surface area contributed by atoms with Gasteiger partial charge in [0.2, 0.25) is 0 Å². The summed E-state index contributed by atoms with van der Waals surface area (Å²) in [7, 11) is 0. The van der Waals surface area contributed by atoms with Crippen molar-refractivity contribution in [1.29, 1.82) is 0 Å². The molecule has 1 aliphatic heterocycles. The number of nitrogens with one attached hydrogen (secondary N) is 1. The van der Waals surface area contributed by atoms with E-state index in [-0.39, 0.29) is 6.10 Å². The summed E-state index contributed by atoms with van der Waals surface area (Å²) in [5.74, 6) is -0.928. The van der Waals surface area contributed by atoms with E-state index in [1.54, 1.807) is 18.3 Å². The third-order valence-electron chi connectivity index (χ3n) is 2.87. The number of aromatic nitrogens is 1. The summed E-state index contributed by atoms with van der Waals surface area (Å²) in [5.41, 5.74) is 0.503. The Bertz CT molecular complexity index is 404. The van der Waals surface area contributed by atoms with E-state index in [2.05, 4.69) is 26.2 Å². The molecular formula is C12H15BrN2O3. The quantitative estimate of drug-likeness (QED) is 0.866. The first-order valence-electron chi connectivity index (χ1n) is 5.86. The molecule has 1 aromatic heterocycles. The summed E-state index contributed by atoms with van der Waals surface area (Å²) < 4.78 is 6.28. The van der Waals surface area contributed by atoms with Gasteiger partial charge in [-0.2, -0.15) is 0 Å². The minimum absolute atomic E-state index is 0.113. The highest BCUT2D eigenvalue weighted by Crippen LogP contribution is 2.16. The third-order valence-corrected chi connectivity index (χ3v) is 3.34. The smallest absolute Gasteiger partial charge is 0.326 e. The van der Waals surface area contributed by atoms with Gasteiger partial charge in [-0.15, -0.1) is 0 Å². The van der Waals surface area contributed by atoms with Gasteiger partial charge in [0.25, 0.3) is 0 Å². The molecule has 1 saturated heterocycles. The fourth-order valence-corrected chi connectivity index (χ4v) is 2.17. The Labute approximate surface area is 114 Å². The molecule has 1 fully saturated rings. The van der Waals surface area contributed by atoms with Gasteiger partial charge in [-0.25, -0.2) is 0 Å². The molecule has 0 spiro atoms. The lowest BCUT2D eigenvalue weighted by molar-refractivity contribution is -0.139. The van der Waals surface area contributed by atoms with Crippen LogP contribution in [0.5, 0.6) is 0 Å². The van der Waals surface area contributed by atoms with Crippen LogP contribution >= 0.6 is 15.9 Å². The summed E-state index contributed by atoms with van der Waals surface area (Å²) in [4.78, 5) is 15.3. The molecule has 2 atom stereocenters. The van der Waals surface area contributed by atoms with Gasteiger partial charge in [0, 0.05) is 23.8 Å². The topological polar surface area (TPSA) is 71.5 Å². The van der Waals surface area contributed by atoms with E-state index in [1.807, 2.05) is 0 Å². The largest absolute Gasteiger partial charge is 0.480 e. The second-order valence-corrected chi connectivity index (χ2v) is 5.13. The number of hydrogen-bond donors (Lipinski definition) is 2. The van der Waals surface area contributed by atoms with E-state index in [0.717, 1.165) is 23.9 Å². The van der Waals surface area contributed by atoms with Crippen molar-refractivity contribution in [2.24, 2.45) is 0 Å². The van der Waals surface area contributed by atoms with E-state index in [0.29, 0.717) is 12.2 Å². The second-order valence-electron chi connectivity index (χ2n) is 4.22. The number of pyridine rings is 1. The maximum absolute atomic E-state index is 11.2. The summed E-state index contributed by atoms with van der Waals surface area (Å²) in [6.45, 7) is 1.30. The Morgan fingerprint density at radius 1 is 1.67 bits per heavy atom. The van der Waals surface area contributed by atoms with Gasteiger partial charge in [-0.05, 0) is 40.9 Å². The third kappa shape index (κ3) is 3.51. The minimum atomic E-state index is -0.928. The normalized spacial score (nSPS) is 20.8. The van der Waals surface area contributed by atoms with Crippen molar-refractivity contribution >= 4 is 21.9 Å². The minimum Gasteiger partial charge on any atom is -0.480 e. The summed E-state index contributed by atoms with van der Waals surface area (Å²) in [5, 5.41) is 12.2. The highest BCUT2D eigenvalue weighted by atomic mass is 79.9. The maximum Gasteiger partial charge on any atom is 0.326 e. The Morgan fingerprint density at radius 2 is 2.50 bits per heavy atom. The number of rotatable bonds is 5. The molecule has 5 nitrogen and oxygen atoms in total. The van der Waals surface area contributed by atoms with Crippen LogP contribution in [0.1, 0.15) is 24.6 Å². The molecule has 0 bridgehead atoms. The summed E-state index contributed by atoms with van der Waals surface area (Å²) in [6, 6.07) is 2.69. The van der Waals surface area contributed by atoms with Crippen LogP contribution < -0.4 is 5.32 Å². The molecule has 1 aromatic rings. The lowest BCUT2D eigenvalue weighted by Gasteiger charge is -2.16. The molecule has 18 heavy (non-hydrogen) atoms. The van der Waals surface area contributed by atoms with Crippen molar-refractivity contribution in [3.63, 3.8) is 0 Å². The van der Waals surface area contributed by atoms with Gasteiger partial charge >= 0.3 is 5.97 Å². The first-order valence-corrected chi connectivity index (χ1v) is 6.65. The highest BCUT2D eigenvalue weighted by molar-refractivity contribution is 9.10. The lowest BCUT2D eigenvalue weighted by atomic mass is 10.1. The van der Waals surface area contributed by atoms with Crippen LogP contribution in [0.15, 0.2) is 22.8 Å².